The van der Waals surface area contributed by atoms with Crippen LogP contribution in [-0.2, 0) is 17.8 Å². The van der Waals surface area contributed by atoms with E-state index >= 15 is 0 Å². The Bertz CT molecular complexity index is 1450. The molecule has 0 saturated carbocycles. The van der Waals surface area contributed by atoms with E-state index in [1.165, 1.54) is 4.90 Å². The van der Waals surface area contributed by atoms with Crippen LogP contribution in [0.25, 0.3) is 0 Å². The number of nitrogens with zero attached hydrogens (tertiary/aromatic N) is 1. The molecule has 5 rings (SSSR count). The van der Waals surface area contributed by atoms with Crippen molar-refractivity contribution >= 4 is 11.9 Å². The van der Waals surface area contributed by atoms with Gasteiger partial charge in [-0.05, 0) is 60.5 Å². The highest BCUT2D eigenvalue weighted by atomic mass is 16.5. The molecule has 7 heteroatoms. The maximum Gasteiger partial charge on any atom is 0.326 e. The van der Waals surface area contributed by atoms with Crippen LogP contribution in [-0.4, -0.2) is 34.5 Å². The molecule has 4 aromatic rings. The van der Waals surface area contributed by atoms with Crippen LogP contribution in [0.5, 0.6) is 28.7 Å². The zero-order valence-corrected chi connectivity index (χ0v) is 20.9. The van der Waals surface area contributed by atoms with Crippen LogP contribution in [0.4, 0.5) is 0 Å². The molecule has 1 aliphatic rings. The van der Waals surface area contributed by atoms with Crippen LogP contribution in [0.1, 0.15) is 28.4 Å². The topological polar surface area (TPSA) is 85.3 Å². The number of hydrogen-bond acceptors (Lipinski definition) is 5. The van der Waals surface area contributed by atoms with E-state index in [-0.39, 0.29) is 18.9 Å². The number of para-hydroxylation sites is 1. The lowest BCUT2D eigenvalue weighted by molar-refractivity contribution is -0.142. The third kappa shape index (κ3) is 5.47. The highest BCUT2D eigenvalue weighted by molar-refractivity contribution is 5.97. The lowest BCUT2D eigenvalue weighted by Crippen LogP contribution is -2.48. The minimum Gasteiger partial charge on any atom is -0.490 e. The van der Waals surface area contributed by atoms with E-state index in [0.717, 1.165) is 11.1 Å². The van der Waals surface area contributed by atoms with Gasteiger partial charge in [0.1, 0.15) is 23.3 Å². The molecule has 0 unspecified atom stereocenters. The van der Waals surface area contributed by atoms with Gasteiger partial charge < -0.3 is 24.2 Å². The van der Waals surface area contributed by atoms with Gasteiger partial charge in [0.15, 0.2) is 11.5 Å². The van der Waals surface area contributed by atoms with Gasteiger partial charge in [-0.15, -0.1) is 0 Å². The summed E-state index contributed by atoms with van der Waals surface area (Å²) in [6.07, 6.45) is 0.268. The van der Waals surface area contributed by atoms with Crippen molar-refractivity contribution in [2.24, 2.45) is 0 Å². The van der Waals surface area contributed by atoms with Gasteiger partial charge in [-0.3, -0.25) is 4.79 Å². The summed E-state index contributed by atoms with van der Waals surface area (Å²) in [7, 11) is 0. The Morgan fingerprint density at radius 1 is 0.789 bits per heavy atom. The first-order valence-corrected chi connectivity index (χ1v) is 12.4. The van der Waals surface area contributed by atoms with Crippen LogP contribution in [0.2, 0.25) is 0 Å². The summed E-state index contributed by atoms with van der Waals surface area (Å²) in [6.45, 7) is 2.61. The third-order valence-electron chi connectivity index (χ3n) is 6.30. The summed E-state index contributed by atoms with van der Waals surface area (Å²) < 4.78 is 17.8. The predicted molar refractivity (Wildman–Crippen MR) is 142 cm³/mol. The maximum absolute atomic E-state index is 13.5. The van der Waals surface area contributed by atoms with E-state index in [2.05, 4.69) is 0 Å². The van der Waals surface area contributed by atoms with Crippen molar-refractivity contribution in [1.29, 1.82) is 0 Å². The SMILES string of the molecule is CCOc1ccc(Oc2cccc(C(=O)N3Cc4ccccc4C[C@H]3C(=O)O)c2)cc1Oc1ccccc1. The lowest BCUT2D eigenvalue weighted by Gasteiger charge is -2.34. The number of carbonyl (C=O) groups excluding carboxylic acids is 1. The minimum atomic E-state index is -1.03. The second-order valence-electron chi connectivity index (χ2n) is 8.85. The molecule has 1 N–H and O–H groups in total. The van der Waals surface area contributed by atoms with E-state index in [1.54, 1.807) is 42.5 Å². The maximum atomic E-state index is 13.5. The number of hydrogen-bond donors (Lipinski definition) is 1. The fourth-order valence-electron chi connectivity index (χ4n) is 4.47. The Kier molecular flexibility index (Phi) is 7.26. The Balaban J connectivity index is 1.38. The summed E-state index contributed by atoms with van der Waals surface area (Å²) in [5, 5.41) is 9.83. The monoisotopic (exact) mass is 509 g/mol. The molecule has 0 aromatic heterocycles. The van der Waals surface area contributed by atoms with Crippen LogP contribution in [0, 0.1) is 0 Å². The summed E-state index contributed by atoms with van der Waals surface area (Å²) >= 11 is 0. The number of rotatable bonds is 8. The second kappa shape index (κ2) is 11.1. The number of carboxylic acids is 1. The normalized spacial score (nSPS) is 14.3. The minimum absolute atomic E-state index is 0.232. The van der Waals surface area contributed by atoms with Crippen molar-refractivity contribution in [2.45, 2.75) is 25.9 Å². The van der Waals surface area contributed by atoms with Crippen LogP contribution in [0.3, 0.4) is 0 Å². The summed E-state index contributed by atoms with van der Waals surface area (Å²) in [5.74, 6) is 1.29. The molecule has 4 aromatic carbocycles. The van der Waals surface area contributed by atoms with Crippen molar-refractivity contribution in [3.8, 4) is 28.7 Å². The van der Waals surface area contributed by atoms with Gasteiger partial charge in [0, 0.05) is 24.6 Å². The molecule has 0 spiro atoms. The highest BCUT2D eigenvalue weighted by Gasteiger charge is 2.35. The molecule has 192 valence electrons. The standard InChI is InChI=1S/C31H27NO6/c1-2-36-28-16-15-26(19-29(28)38-24-12-4-3-5-13-24)37-25-14-8-11-22(17-25)30(33)32-20-23-10-7-6-9-21(23)18-27(32)31(34)35/h3-17,19,27H,2,18,20H2,1H3,(H,34,35)/t27-/m0/s1. The molecule has 0 radical (unpaired) electrons. The van der Waals surface area contributed by atoms with Crippen molar-refractivity contribution in [2.75, 3.05) is 6.61 Å². The molecule has 1 aliphatic heterocycles. The van der Waals surface area contributed by atoms with Gasteiger partial charge in [-0.1, -0.05) is 48.5 Å². The largest absolute Gasteiger partial charge is 0.490 e. The number of aliphatic carboxylic acids is 1. The van der Waals surface area contributed by atoms with Gasteiger partial charge in [-0.25, -0.2) is 4.79 Å². The Hall–Kier alpha value is -4.78. The van der Waals surface area contributed by atoms with Gasteiger partial charge in [0.25, 0.3) is 5.91 Å². The van der Waals surface area contributed by atoms with Gasteiger partial charge in [0.2, 0.25) is 0 Å². The first-order valence-electron chi connectivity index (χ1n) is 12.4. The van der Waals surface area contributed by atoms with Crippen molar-refractivity contribution in [3.63, 3.8) is 0 Å². The van der Waals surface area contributed by atoms with Crippen molar-refractivity contribution < 1.29 is 28.9 Å². The molecule has 1 amide bonds. The van der Waals surface area contributed by atoms with Crippen LogP contribution >= 0.6 is 0 Å². The molecule has 0 fully saturated rings. The number of carbonyl (C=O) groups is 2. The Morgan fingerprint density at radius 2 is 1.50 bits per heavy atom. The first-order chi connectivity index (χ1) is 18.5. The van der Waals surface area contributed by atoms with E-state index in [0.29, 0.717) is 40.9 Å². The second-order valence-corrected chi connectivity index (χ2v) is 8.85. The van der Waals surface area contributed by atoms with Crippen molar-refractivity contribution in [1.82, 2.24) is 4.90 Å². The number of amides is 1. The first kappa shape index (κ1) is 24.9. The zero-order chi connectivity index (χ0) is 26.5. The third-order valence-corrected chi connectivity index (χ3v) is 6.30. The molecule has 38 heavy (non-hydrogen) atoms. The number of fused-ring (bicyclic) bond motifs is 1. The summed E-state index contributed by atoms with van der Waals surface area (Å²) in [4.78, 5) is 26.9. The number of benzene rings is 4. The molecule has 0 aliphatic carbocycles. The lowest BCUT2D eigenvalue weighted by atomic mass is 9.93. The molecule has 0 saturated heterocycles. The number of carboxylic acid groups (broad SMARTS) is 1. The van der Waals surface area contributed by atoms with Crippen LogP contribution < -0.4 is 14.2 Å². The molecule has 7 nitrogen and oxygen atoms in total. The fraction of sp³-hybridized carbons (Fsp3) is 0.161. The van der Waals surface area contributed by atoms with Gasteiger partial charge in [0.05, 0.1) is 6.61 Å². The average molecular weight is 510 g/mol. The number of ether oxygens (including phenoxy) is 3. The van der Waals surface area contributed by atoms with E-state index in [1.807, 2.05) is 61.5 Å². The quantitative estimate of drug-likeness (QED) is 0.299. The summed E-state index contributed by atoms with van der Waals surface area (Å²) in [5.41, 5.74) is 2.25. The van der Waals surface area contributed by atoms with Crippen LogP contribution in [0.15, 0.2) is 97.1 Å². The van der Waals surface area contributed by atoms with E-state index < -0.39 is 12.0 Å². The smallest absolute Gasteiger partial charge is 0.326 e. The van der Waals surface area contributed by atoms with E-state index in [9.17, 15) is 14.7 Å². The molecule has 1 atom stereocenters. The average Bonchev–Trinajstić information content (AvgIpc) is 2.94. The highest BCUT2D eigenvalue weighted by Crippen LogP contribution is 2.37. The summed E-state index contributed by atoms with van der Waals surface area (Å²) in [6, 6.07) is 28.1. The molecular formula is C31H27NO6. The Morgan fingerprint density at radius 3 is 2.26 bits per heavy atom. The van der Waals surface area contributed by atoms with Gasteiger partial charge >= 0.3 is 5.97 Å². The fourth-order valence-corrected chi connectivity index (χ4v) is 4.47. The molecular weight excluding hydrogens is 482 g/mol. The zero-order valence-electron chi connectivity index (χ0n) is 20.9. The predicted octanol–water partition coefficient (Wildman–Crippen LogP) is 6.32. The van der Waals surface area contributed by atoms with Gasteiger partial charge in [-0.2, -0.15) is 0 Å². The van der Waals surface area contributed by atoms with Crippen molar-refractivity contribution in [3.05, 3.63) is 114 Å². The molecule has 0 bridgehead atoms. The molecule has 1 heterocycles. The van der Waals surface area contributed by atoms with E-state index in [4.69, 9.17) is 14.2 Å². The Labute approximate surface area is 220 Å².